The Morgan fingerprint density at radius 1 is 1.19 bits per heavy atom. The van der Waals surface area contributed by atoms with Gasteiger partial charge >= 0.3 is 6.02 Å². The van der Waals surface area contributed by atoms with Crippen molar-refractivity contribution in [3.05, 3.63) is 41.3 Å². The first kappa shape index (κ1) is 13.4. The molecule has 0 bridgehead atoms. The summed E-state index contributed by atoms with van der Waals surface area (Å²) in [6.07, 6.45) is 0. The van der Waals surface area contributed by atoms with Crippen LogP contribution < -0.4 is 4.90 Å². The number of benzene rings is 1. The number of nitrogens with zero attached hydrogens (tertiary/aromatic N) is 3. The van der Waals surface area contributed by atoms with Crippen molar-refractivity contribution in [3.63, 3.8) is 0 Å². The predicted octanol–water partition coefficient (Wildman–Crippen LogP) is 2.65. The molecule has 0 aliphatic carbocycles. The van der Waals surface area contributed by atoms with Gasteiger partial charge in [0.25, 0.3) is 5.91 Å². The van der Waals surface area contributed by atoms with E-state index in [0.29, 0.717) is 17.1 Å². The number of carbonyl (C=O) groups is 1. The average molecular weight is 285 g/mol. The number of amides is 1. The molecule has 1 fully saturated rings. The number of aromatic nitrogens is 1. The Morgan fingerprint density at radius 3 is 2.52 bits per heavy atom. The number of anilines is 1. The fourth-order valence-corrected chi connectivity index (χ4v) is 2.19. The Morgan fingerprint density at radius 2 is 1.90 bits per heavy atom. The first-order valence-corrected chi connectivity index (χ1v) is 6.60. The summed E-state index contributed by atoms with van der Waals surface area (Å²) in [4.78, 5) is 17.9. The molecule has 108 valence electrons. The monoisotopic (exact) mass is 285 g/mol. The summed E-state index contributed by atoms with van der Waals surface area (Å²) in [5.74, 6) is 0.373. The number of carbonyl (C=O) groups excluding carboxylic acids is 1. The lowest BCUT2D eigenvalue weighted by atomic mass is 10.2. The van der Waals surface area contributed by atoms with Crippen LogP contribution in [0.4, 0.5) is 11.4 Å². The van der Waals surface area contributed by atoms with Gasteiger partial charge in [0, 0.05) is 0 Å². The lowest BCUT2D eigenvalue weighted by Crippen LogP contribution is -2.30. The molecule has 0 saturated carbocycles. The highest BCUT2D eigenvalue weighted by Crippen LogP contribution is 2.28. The van der Waals surface area contributed by atoms with Crippen molar-refractivity contribution in [2.24, 2.45) is 4.99 Å². The molecule has 1 amide bonds. The summed E-state index contributed by atoms with van der Waals surface area (Å²) in [7, 11) is 0. The van der Waals surface area contributed by atoms with Gasteiger partial charge in [0.05, 0.1) is 5.69 Å². The van der Waals surface area contributed by atoms with Crippen LogP contribution in [-0.4, -0.2) is 23.7 Å². The molecule has 0 N–H and O–H groups in total. The van der Waals surface area contributed by atoms with E-state index in [1.165, 1.54) is 4.90 Å². The first-order valence-electron chi connectivity index (χ1n) is 6.60. The zero-order valence-corrected chi connectivity index (χ0v) is 12.1. The van der Waals surface area contributed by atoms with E-state index in [0.717, 1.165) is 11.3 Å². The lowest BCUT2D eigenvalue weighted by molar-refractivity contribution is -0.117. The second-order valence-corrected chi connectivity index (χ2v) is 4.92. The minimum Gasteiger partial charge on any atom is -0.454 e. The molecule has 1 aliphatic rings. The molecular formula is C15H15N3O3. The Kier molecular flexibility index (Phi) is 3.21. The fourth-order valence-electron chi connectivity index (χ4n) is 2.19. The van der Waals surface area contributed by atoms with Gasteiger partial charge in [-0.15, -0.1) is 0 Å². The predicted molar refractivity (Wildman–Crippen MR) is 77.7 cm³/mol. The van der Waals surface area contributed by atoms with E-state index in [9.17, 15) is 4.79 Å². The van der Waals surface area contributed by atoms with Crippen molar-refractivity contribution in [3.8, 4) is 0 Å². The molecule has 1 aromatic carbocycles. The Labute approximate surface area is 122 Å². The highest BCUT2D eigenvalue weighted by Gasteiger charge is 2.35. The Balaban J connectivity index is 2.02. The number of aryl methyl sites for hydroxylation is 3. The number of aliphatic imine (C=N–C) groups is 1. The van der Waals surface area contributed by atoms with Crippen LogP contribution in [-0.2, 0) is 9.53 Å². The smallest absolute Gasteiger partial charge is 0.305 e. The van der Waals surface area contributed by atoms with Crippen molar-refractivity contribution < 1.29 is 14.1 Å². The van der Waals surface area contributed by atoms with E-state index in [1.54, 1.807) is 13.8 Å². The highest BCUT2D eigenvalue weighted by molar-refractivity contribution is 6.19. The molecule has 0 unspecified atom stereocenters. The summed E-state index contributed by atoms with van der Waals surface area (Å²) in [6.45, 7) is 5.50. The topological polar surface area (TPSA) is 67.9 Å². The molecule has 1 aromatic heterocycles. The van der Waals surface area contributed by atoms with Gasteiger partial charge in [-0.25, -0.2) is 4.90 Å². The van der Waals surface area contributed by atoms with Gasteiger partial charge in [-0.05, 0) is 32.9 Å². The van der Waals surface area contributed by atoms with Gasteiger partial charge in [0.15, 0.2) is 12.4 Å². The van der Waals surface area contributed by atoms with Crippen LogP contribution in [0.5, 0.6) is 0 Å². The fraction of sp³-hybridized carbons (Fsp3) is 0.267. The minimum atomic E-state index is -0.185. The van der Waals surface area contributed by atoms with E-state index in [1.807, 2.05) is 31.2 Å². The van der Waals surface area contributed by atoms with Crippen LogP contribution in [0.2, 0.25) is 0 Å². The molecule has 6 heteroatoms. The maximum absolute atomic E-state index is 12.1. The summed E-state index contributed by atoms with van der Waals surface area (Å²) in [5.41, 5.74) is 3.10. The van der Waals surface area contributed by atoms with Gasteiger partial charge in [-0.1, -0.05) is 22.9 Å². The van der Waals surface area contributed by atoms with E-state index < -0.39 is 0 Å². The van der Waals surface area contributed by atoms with Crippen molar-refractivity contribution in [1.29, 1.82) is 0 Å². The Bertz CT molecular complexity index is 697. The second kappa shape index (κ2) is 5.05. The van der Waals surface area contributed by atoms with Crippen LogP contribution in [0, 0.1) is 20.8 Å². The third-order valence-electron chi connectivity index (χ3n) is 3.24. The van der Waals surface area contributed by atoms with Crippen LogP contribution in [0.25, 0.3) is 0 Å². The van der Waals surface area contributed by atoms with Crippen molar-refractivity contribution in [2.75, 3.05) is 11.5 Å². The summed E-state index contributed by atoms with van der Waals surface area (Å²) in [5, 5.41) is 3.87. The van der Waals surface area contributed by atoms with Gasteiger partial charge < -0.3 is 9.26 Å². The maximum Gasteiger partial charge on any atom is 0.305 e. The van der Waals surface area contributed by atoms with E-state index in [-0.39, 0.29) is 18.5 Å². The Hall–Kier alpha value is -2.63. The molecule has 2 aromatic rings. The number of rotatable bonds is 2. The normalized spacial score (nSPS) is 16.6. The van der Waals surface area contributed by atoms with Gasteiger partial charge in [-0.3, -0.25) is 4.79 Å². The number of ether oxygens (including phenoxy) is 1. The molecule has 1 saturated heterocycles. The van der Waals surface area contributed by atoms with Crippen LogP contribution in [0.15, 0.2) is 33.8 Å². The molecule has 0 spiro atoms. The largest absolute Gasteiger partial charge is 0.454 e. The standard InChI is InChI=1S/C15H15N3O3/c1-9-4-6-12(7-5-9)16-15-18(13(19)8-20-15)14-10(2)17-21-11(14)3/h4-7H,8H2,1-3H3. The molecule has 3 rings (SSSR count). The lowest BCUT2D eigenvalue weighted by Gasteiger charge is -2.13. The summed E-state index contributed by atoms with van der Waals surface area (Å²) < 4.78 is 10.5. The van der Waals surface area contributed by atoms with Crippen molar-refractivity contribution in [2.45, 2.75) is 20.8 Å². The third-order valence-corrected chi connectivity index (χ3v) is 3.24. The van der Waals surface area contributed by atoms with Gasteiger partial charge in [0.2, 0.25) is 0 Å². The van der Waals surface area contributed by atoms with Crippen LogP contribution >= 0.6 is 0 Å². The molecule has 6 nitrogen and oxygen atoms in total. The first-order chi connectivity index (χ1) is 10.1. The summed E-state index contributed by atoms with van der Waals surface area (Å²) >= 11 is 0. The van der Waals surface area contributed by atoms with E-state index in [4.69, 9.17) is 9.26 Å². The van der Waals surface area contributed by atoms with Crippen molar-refractivity contribution >= 4 is 23.3 Å². The van der Waals surface area contributed by atoms with Crippen LogP contribution in [0.1, 0.15) is 17.0 Å². The third kappa shape index (κ3) is 2.40. The molecule has 0 atom stereocenters. The number of hydrogen-bond donors (Lipinski definition) is 0. The second-order valence-electron chi connectivity index (χ2n) is 4.92. The summed E-state index contributed by atoms with van der Waals surface area (Å²) in [6, 6.07) is 7.91. The maximum atomic E-state index is 12.1. The van der Waals surface area contributed by atoms with E-state index in [2.05, 4.69) is 10.1 Å². The SMILES string of the molecule is Cc1ccc(N=C2OCC(=O)N2c2c(C)noc2C)cc1. The number of hydrogen-bond acceptors (Lipinski definition) is 5. The molecular weight excluding hydrogens is 270 g/mol. The van der Waals surface area contributed by atoms with Crippen molar-refractivity contribution in [1.82, 2.24) is 5.16 Å². The van der Waals surface area contributed by atoms with E-state index >= 15 is 0 Å². The quantitative estimate of drug-likeness (QED) is 0.850. The average Bonchev–Trinajstić information content (AvgIpc) is 2.96. The number of amidine groups is 1. The van der Waals surface area contributed by atoms with Gasteiger partial charge in [0.1, 0.15) is 11.4 Å². The molecule has 1 aliphatic heterocycles. The van der Waals surface area contributed by atoms with Gasteiger partial charge in [-0.2, -0.15) is 4.99 Å². The molecule has 0 radical (unpaired) electrons. The minimum absolute atomic E-state index is 0.0330. The van der Waals surface area contributed by atoms with Crippen LogP contribution in [0.3, 0.4) is 0 Å². The highest BCUT2D eigenvalue weighted by atomic mass is 16.5. The molecule has 2 heterocycles. The zero-order chi connectivity index (χ0) is 15.0. The zero-order valence-electron chi connectivity index (χ0n) is 12.1. The molecule has 21 heavy (non-hydrogen) atoms.